The van der Waals surface area contributed by atoms with Crippen LogP contribution in [0.4, 0.5) is 10.8 Å². The van der Waals surface area contributed by atoms with Gasteiger partial charge in [-0.05, 0) is 52.3 Å². The van der Waals surface area contributed by atoms with Crippen LogP contribution >= 0.6 is 38.6 Å². The van der Waals surface area contributed by atoms with Crippen LogP contribution in [0.2, 0.25) is 0 Å². The van der Waals surface area contributed by atoms with E-state index in [9.17, 15) is 14.4 Å². The quantitative estimate of drug-likeness (QED) is 0.561. The number of thiophene rings is 1. The Labute approximate surface area is 177 Å². The van der Waals surface area contributed by atoms with Gasteiger partial charge in [-0.15, -0.1) is 22.7 Å². The van der Waals surface area contributed by atoms with Crippen LogP contribution in [0.3, 0.4) is 0 Å². The van der Waals surface area contributed by atoms with E-state index < -0.39 is 0 Å². The van der Waals surface area contributed by atoms with Crippen molar-refractivity contribution in [1.82, 2.24) is 9.88 Å². The van der Waals surface area contributed by atoms with Gasteiger partial charge in [-0.1, -0.05) is 0 Å². The van der Waals surface area contributed by atoms with E-state index in [4.69, 9.17) is 0 Å². The molecule has 0 atom stereocenters. The standard InChI is InChI=1S/C18H15BrN4O3S2/c1-23(17(26)13-6-7-14(19)28-13)10-15(24)21-12-4-2-11(3-5-12)16(25)22-18-20-8-9-27-18/h2-9H,10H2,1H3,(H,21,24)(H,20,22,25). The molecule has 1 aromatic carbocycles. The summed E-state index contributed by atoms with van der Waals surface area (Å²) >= 11 is 5.96. The first-order valence-electron chi connectivity index (χ1n) is 8.04. The maximum absolute atomic E-state index is 12.3. The van der Waals surface area contributed by atoms with Crippen molar-refractivity contribution >= 4 is 67.1 Å². The third-order valence-corrected chi connectivity index (χ3v) is 5.90. The van der Waals surface area contributed by atoms with Gasteiger partial charge in [0.25, 0.3) is 11.8 Å². The SMILES string of the molecule is CN(CC(=O)Nc1ccc(C(=O)Nc2nccs2)cc1)C(=O)c1ccc(Br)s1. The molecular formula is C18H15BrN4O3S2. The molecule has 3 amide bonds. The van der Waals surface area contributed by atoms with Gasteiger partial charge < -0.3 is 10.2 Å². The molecule has 0 fully saturated rings. The number of anilines is 2. The molecule has 3 aromatic rings. The minimum atomic E-state index is -0.327. The summed E-state index contributed by atoms with van der Waals surface area (Å²) in [6.07, 6.45) is 1.61. The fraction of sp³-hybridized carbons (Fsp3) is 0.111. The molecule has 0 spiro atoms. The van der Waals surface area contributed by atoms with Crippen molar-refractivity contribution < 1.29 is 14.4 Å². The Kier molecular flexibility index (Phi) is 6.55. The molecule has 144 valence electrons. The summed E-state index contributed by atoms with van der Waals surface area (Å²) in [4.78, 5) is 42.5. The van der Waals surface area contributed by atoms with Gasteiger partial charge in [0.1, 0.15) is 0 Å². The van der Waals surface area contributed by atoms with Gasteiger partial charge in [-0.2, -0.15) is 0 Å². The van der Waals surface area contributed by atoms with Gasteiger partial charge in [-0.25, -0.2) is 4.98 Å². The zero-order chi connectivity index (χ0) is 20.1. The number of aromatic nitrogens is 1. The van der Waals surface area contributed by atoms with E-state index in [0.717, 1.165) is 3.79 Å². The molecule has 2 heterocycles. The van der Waals surface area contributed by atoms with Crippen LogP contribution in [0.1, 0.15) is 20.0 Å². The number of rotatable bonds is 6. The first kappa shape index (κ1) is 20.2. The number of hydrogen-bond acceptors (Lipinski definition) is 6. The zero-order valence-electron chi connectivity index (χ0n) is 14.6. The first-order chi connectivity index (χ1) is 13.4. The molecule has 0 saturated heterocycles. The molecule has 0 aliphatic heterocycles. The number of thiazole rings is 1. The molecule has 28 heavy (non-hydrogen) atoms. The Morgan fingerprint density at radius 3 is 2.46 bits per heavy atom. The highest BCUT2D eigenvalue weighted by atomic mass is 79.9. The Morgan fingerprint density at radius 2 is 1.86 bits per heavy atom. The van der Waals surface area contributed by atoms with Gasteiger partial charge >= 0.3 is 0 Å². The van der Waals surface area contributed by atoms with Crippen LogP contribution in [0.15, 0.2) is 51.8 Å². The summed E-state index contributed by atoms with van der Waals surface area (Å²) in [5.41, 5.74) is 0.985. The van der Waals surface area contributed by atoms with Gasteiger partial charge in [0.2, 0.25) is 5.91 Å². The summed E-state index contributed by atoms with van der Waals surface area (Å²) in [6.45, 7) is -0.0827. The highest BCUT2D eigenvalue weighted by molar-refractivity contribution is 9.11. The molecule has 0 aliphatic carbocycles. The van der Waals surface area contributed by atoms with E-state index >= 15 is 0 Å². The van der Waals surface area contributed by atoms with E-state index in [1.165, 1.54) is 27.6 Å². The smallest absolute Gasteiger partial charge is 0.264 e. The maximum atomic E-state index is 12.3. The highest BCUT2D eigenvalue weighted by Crippen LogP contribution is 2.23. The van der Waals surface area contributed by atoms with Gasteiger partial charge in [0, 0.05) is 29.9 Å². The predicted molar refractivity (Wildman–Crippen MR) is 114 cm³/mol. The largest absolute Gasteiger partial charge is 0.332 e. The Morgan fingerprint density at radius 1 is 1.11 bits per heavy atom. The molecule has 2 aromatic heterocycles. The number of benzene rings is 1. The molecular weight excluding hydrogens is 464 g/mol. The fourth-order valence-electron chi connectivity index (χ4n) is 2.26. The number of carbonyl (C=O) groups is 3. The fourth-order valence-corrected chi connectivity index (χ4v) is 4.17. The summed E-state index contributed by atoms with van der Waals surface area (Å²) < 4.78 is 0.854. The van der Waals surface area contributed by atoms with Crippen molar-refractivity contribution in [2.45, 2.75) is 0 Å². The summed E-state index contributed by atoms with van der Waals surface area (Å²) in [6, 6.07) is 9.98. The Balaban J connectivity index is 1.54. The minimum Gasteiger partial charge on any atom is -0.332 e. The van der Waals surface area contributed by atoms with Crippen molar-refractivity contribution in [2.75, 3.05) is 24.2 Å². The monoisotopic (exact) mass is 478 g/mol. The second-order valence-corrected chi connectivity index (χ2v) is 9.04. The van der Waals surface area contributed by atoms with Crippen LogP contribution in [0.5, 0.6) is 0 Å². The lowest BCUT2D eigenvalue weighted by molar-refractivity contribution is -0.116. The number of likely N-dealkylation sites (N-methyl/N-ethyl adjacent to an activating group) is 1. The minimum absolute atomic E-state index is 0.0827. The van der Waals surface area contributed by atoms with Crippen molar-refractivity contribution in [2.24, 2.45) is 0 Å². The number of nitrogens with one attached hydrogen (secondary N) is 2. The molecule has 0 aliphatic rings. The topological polar surface area (TPSA) is 91.4 Å². The molecule has 0 unspecified atom stereocenters. The molecule has 2 N–H and O–H groups in total. The summed E-state index contributed by atoms with van der Waals surface area (Å²) in [7, 11) is 1.57. The lowest BCUT2D eigenvalue weighted by atomic mass is 10.2. The number of hydrogen-bond donors (Lipinski definition) is 2. The van der Waals surface area contributed by atoms with Crippen molar-refractivity contribution in [3.05, 3.63) is 62.2 Å². The highest BCUT2D eigenvalue weighted by Gasteiger charge is 2.17. The third kappa shape index (κ3) is 5.24. The summed E-state index contributed by atoms with van der Waals surface area (Å²) in [5, 5.41) is 7.70. The lowest BCUT2D eigenvalue weighted by Crippen LogP contribution is -2.34. The van der Waals surface area contributed by atoms with Crippen LogP contribution < -0.4 is 10.6 Å². The van der Waals surface area contributed by atoms with E-state index in [1.807, 2.05) is 0 Å². The van der Waals surface area contributed by atoms with Crippen LogP contribution in [-0.4, -0.2) is 41.2 Å². The molecule has 3 rings (SSSR count). The van der Waals surface area contributed by atoms with Crippen molar-refractivity contribution in [1.29, 1.82) is 0 Å². The molecule has 7 nitrogen and oxygen atoms in total. The van der Waals surface area contributed by atoms with Crippen LogP contribution in [0, 0.1) is 0 Å². The van der Waals surface area contributed by atoms with Crippen LogP contribution in [0.25, 0.3) is 0 Å². The third-order valence-electron chi connectivity index (χ3n) is 3.60. The second-order valence-electron chi connectivity index (χ2n) is 5.68. The first-order valence-corrected chi connectivity index (χ1v) is 10.5. The Bertz CT molecular complexity index is 987. The average Bonchev–Trinajstić information content (AvgIpc) is 3.33. The molecule has 10 heteroatoms. The van der Waals surface area contributed by atoms with Gasteiger partial charge in [-0.3, -0.25) is 19.7 Å². The van der Waals surface area contributed by atoms with Crippen molar-refractivity contribution in [3.63, 3.8) is 0 Å². The molecule has 0 saturated carbocycles. The summed E-state index contributed by atoms with van der Waals surface area (Å²) in [5.74, 6) is -0.827. The Hall–Kier alpha value is -2.56. The second kappa shape index (κ2) is 9.09. The number of halogens is 1. The van der Waals surface area contributed by atoms with Crippen LogP contribution in [-0.2, 0) is 4.79 Å². The van der Waals surface area contributed by atoms with E-state index in [0.29, 0.717) is 21.3 Å². The number of amides is 3. The van der Waals surface area contributed by atoms with Crippen molar-refractivity contribution in [3.8, 4) is 0 Å². The number of nitrogens with zero attached hydrogens (tertiary/aromatic N) is 2. The number of carbonyl (C=O) groups excluding carboxylic acids is 3. The van der Waals surface area contributed by atoms with E-state index in [2.05, 4.69) is 31.5 Å². The van der Waals surface area contributed by atoms with Gasteiger partial charge in [0.05, 0.1) is 15.2 Å². The zero-order valence-corrected chi connectivity index (χ0v) is 17.9. The lowest BCUT2D eigenvalue weighted by Gasteiger charge is -2.16. The molecule has 0 bridgehead atoms. The average molecular weight is 479 g/mol. The van der Waals surface area contributed by atoms with E-state index in [1.54, 1.807) is 55.0 Å². The van der Waals surface area contributed by atoms with E-state index in [-0.39, 0.29) is 24.3 Å². The van der Waals surface area contributed by atoms with Gasteiger partial charge in [0.15, 0.2) is 5.13 Å². The predicted octanol–water partition coefficient (Wildman–Crippen LogP) is 3.93. The maximum Gasteiger partial charge on any atom is 0.264 e. The normalized spacial score (nSPS) is 10.4. The molecule has 0 radical (unpaired) electrons.